The minimum atomic E-state index is -0.211. The molecule has 1 aromatic heterocycles. The van der Waals surface area contributed by atoms with Crippen molar-refractivity contribution < 1.29 is 9.59 Å². The van der Waals surface area contributed by atoms with E-state index in [1.54, 1.807) is 12.4 Å². The Morgan fingerprint density at radius 3 is 2.15 bits per heavy atom. The van der Waals surface area contributed by atoms with Crippen LogP contribution >= 0.6 is 0 Å². The highest BCUT2D eigenvalue weighted by atomic mass is 16.2. The molecule has 33 heavy (non-hydrogen) atoms. The molecule has 0 unspecified atom stereocenters. The number of carbonyl (C=O) groups excluding carboxylic acids is 2. The molecule has 0 atom stereocenters. The van der Waals surface area contributed by atoms with Crippen molar-refractivity contribution in [3.05, 3.63) is 107 Å². The second-order valence-electron chi connectivity index (χ2n) is 8.27. The van der Waals surface area contributed by atoms with E-state index in [1.807, 2.05) is 85.5 Å². The molecule has 1 aliphatic rings. The first-order valence-corrected chi connectivity index (χ1v) is 11.4. The second-order valence-corrected chi connectivity index (χ2v) is 8.27. The lowest BCUT2D eigenvalue weighted by atomic mass is 10.0. The second kappa shape index (κ2) is 10.3. The van der Waals surface area contributed by atoms with Gasteiger partial charge in [-0.05, 0) is 55.5 Å². The molecule has 0 saturated heterocycles. The Bertz CT molecular complexity index is 1140. The highest BCUT2D eigenvalue weighted by Gasteiger charge is 2.40. The Hall–Kier alpha value is -3.73. The Labute approximate surface area is 195 Å². The zero-order valence-corrected chi connectivity index (χ0v) is 19.2. The molecule has 0 fully saturated rings. The summed E-state index contributed by atoms with van der Waals surface area (Å²) < 4.78 is 0. The molecule has 1 aliphatic heterocycles. The fraction of sp³-hybridized carbons (Fsp3) is 0.250. The molecule has 168 valence electrons. The van der Waals surface area contributed by atoms with E-state index in [9.17, 15) is 9.59 Å². The van der Waals surface area contributed by atoms with Crippen LogP contribution in [0.25, 0.3) is 5.57 Å². The fourth-order valence-corrected chi connectivity index (χ4v) is 4.17. The van der Waals surface area contributed by atoms with Crippen LogP contribution in [-0.2, 0) is 22.4 Å². The third-order valence-electron chi connectivity index (χ3n) is 6.07. The van der Waals surface area contributed by atoms with Gasteiger partial charge in [0.1, 0.15) is 5.70 Å². The van der Waals surface area contributed by atoms with E-state index in [2.05, 4.69) is 4.98 Å². The topological polar surface area (TPSA) is 53.5 Å². The van der Waals surface area contributed by atoms with E-state index < -0.39 is 0 Å². The smallest absolute Gasteiger partial charge is 0.277 e. The molecule has 0 N–H and O–H groups in total. The number of benzene rings is 2. The summed E-state index contributed by atoms with van der Waals surface area (Å²) in [5.41, 5.74) is 5.17. The summed E-state index contributed by atoms with van der Waals surface area (Å²) in [6.45, 7) is 5.69. The SMILES string of the molecule is CCN(CCc1ccncc1)C1=C(c2ccc(C)cc2)C(=O)N(CCc2ccccc2)C1=O. The summed E-state index contributed by atoms with van der Waals surface area (Å²) in [4.78, 5) is 34.7. The number of hydrogen-bond acceptors (Lipinski definition) is 4. The summed E-state index contributed by atoms with van der Waals surface area (Å²) in [5, 5.41) is 0. The molecule has 0 aliphatic carbocycles. The van der Waals surface area contributed by atoms with Gasteiger partial charge in [0.05, 0.1) is 5.57 Å². The Kier molecular flexibility index (Phi) is 6.98. The van der Waals surface area contributed by atoms with Crippen molar-refractivity contribution in [1.82, 2.24) is 14.8 Å². The van der Waals surface area contributed by atoms with Gasteiger partial charge in [-0.3, -0.25) is 19.5 Å². The molecule has 0 saturated carbocycles. The molecule has 5 heteroatoms. The Morgan fingerprint density at radius 1 is 0.818 bits per heavy atom. The van der Waals surface area contributed by atoms with Crippen molar-refractivity contribution in [3.63, 3.8) is 0 Å². The summed E-state index contributed by atoms with van der Waals surface area (Å²) in [5.74, 6) is -0.416. The number of rotatable bonds is 9. The first kappa shape index (κ1) is 22.5. The van der Waals surface area contributed by atoms with Crippen LogP contribution in [0.4, 0.5) is 0 Å². The highest BCUT2D eigenvalue weighted by molar-refractivity contribution is 6.35. The van der Waals surface area contributed by atoms with Crippen molar-refractivity contribution in [2.75, 3.05) is 19.6 Å². The Morgan fingerprint density at radius 2 is 1.48 bits per heavy atom. The van der Waals surface area contributed by atoms with Gasteiger partial charge in [-0.1, -0.05) is 60.2 Å². The predicted octanol–water partition coefficient (Wildman–Crippen LogP) is 4.28. The van der Waals surface area contributed by atoms with Crippen LogP contribution in [0.5, 0.6) is 0 Å². The first-order chi connectivity index (χ1) is 16.1. The lowest BCUT2D eigenvalue weighted by Gasteiger charge is -2.25. The number of aryl methyl sites for hydroxylation is 1. The van der Waals surface area contributed by atoms with E-state index in [0.29, 0.717) is 37.3 Å². The number of nitrogens with zero attached hydrogens (tertiary/aromatic N) is 3. The summed E-state index contributed by atoms with van der Waals surface area (Å²) in [6, 6.07) is 21.8. The molecular weight excluding hydrogens is 410 g/mol. The summed E-state index contributed by atoms with van der Waals surface area (Å²) in [6.07, 6.45) is 4.96. The van der Waals surface area contributed by atoms with E-state index in [4.69, 9.17) is 0 Å². The van der Waals surface area contributed by atoms with Crippen LogP contribution in [0.15, 0.2) is 84.8 Å². The molecule has 0 spiro atoms. The molecule has 2 amide bonds. The minimum absolute atomic E-state index is 0.205. The number of imide groups is 1. The summed E-state index contributed by atoms with van der Waals surface area (Å²) >= 11 is 0. The van der Waals surface area contributed by atoms with E-state index in [-0.39, 0.29) is 11.8 Å². The maximum atomic E-state index is 13.6. The predicted molar refractivity (Wildman–Crippen MR) is 130 cm³/mol. The molecule has 0 bridgehead atoms. The van der Waals surface area contributed by atoms with Crippen molar-refractivity contribution >= 4 is 17.4 Å². The van der Waals surface area contributed by atoms with Crippen LogP contribution in [0.3, 0.4) is 0 Å². The maximum absolute atomic E-state index is 13.6. The average molecular weight is 440 g/mol. The van der Waals surface area contributed by atoms with Crippen molar-refractivity contribution in [1.29, 1.82) is 0 Å². The number of pyridine rings is 1. The lowest BCUT2D eigenvalue weighted by Crippen LogP contribution is -2.37. The van der Waals surface area contributed by atoms with Crippen LogP contribution in [0.1, 0.15) is 29.2 Å². The standard InChI is InChI=1S/C28H29N3O2/c1-3-30(19-15-23-13-17-29-18-14-23)26-25(24-11-9-21(2)10-12-24)27(32)31(28(26)33)20-16-22-7-5-4-6-8-22/h4-14,17-18H,3,15-16,19-20H2,1-2H3. The number of aromatic nitrogens is 1. The van der Waals surface area contributed by atoms with Gasteiger partial charge in [-0.2, -0.15) is 0 Å². The van der Waals surface area contributed by atoms with Crippen LogP contribution in [0, 0.1) is 6.92 Å². The van der Waals surface area contributed by atoms with Gasteiger partial charge in [0.25, 0.3) is 11.8 Å². The molecule has 2 aromatic carbocycles. The first-order valence-electron chi connectivity index (χ1n) is 11.4. The highest BCUT2D eigenvalue weighted by Crippen LogP contribution is 2.32. The average Bonchev–Trinajstić information content (AvgIpc) is 3.09. The number of likely N-dealkylation sites (N-methyl/N-ethyl adjacent to an activating group) is 1. The normalized spacial score (nSPS) is 13.7. The van der Waals surface area contributed by atoms with Gasteiger partial charge in [0.2, 0.25) is 0 Å². The third-order valence-corrected chi connectivity index (χ3v) is 6.07. The van der Waals surface area contributed by atoms with Crippen LogP contribution in [-0.4, -0.2) is 46.2 Å². The van der Waals surface area contributed by atoms with Gasteiger partial charge in [0, 0.05) is 32.0 Å². The monoisotopic (exact) mass is 439 g/mol. The molecule has 4 rings (SSSR count). The van der Waals surface area contributed by atoms with Gasteiger partial charge in [-0.25, -0.2) is 0 Å². The van der Waals surface area contributed by atoms with Gasteiger partial charge in [0.15, 0.2) is 0 Å². The summed E-state index contributed by atoms with van der Waals surface area (Å²) in [7, 11) is 0. The van der Waals surface area contributed by atoms with E-state index in [0.717, 1.165) is 28.7 Å². The zero-order chi connectivity index (χ0) is 23.2. The molecule has 5 nitrogen and oxygen atoms in total. The van der Waals surface area contributed by atoms with Crippen molar-refractivity contribution in [2.24, 2.45) is 0 Å². The molecule has 0 radical (unpaired) electrons. The van der Waals surface area contributed by atoms with E-state index >= 15 is 0 Å². The largest absolute Gasteiger partial charge is 0.366 e. The molecular formula is C28H29N3O2. The van der Waals surface area contributed by atoms with Gasteiger partial charge in [-0.15, -0.1) is 0 Å². The van der Waals surface area contributed by atoms with Crippen LogP contribution in [0.2, 0.25) is 0 Å². The number of amides is 2. The van der Waals surface area contributed by atoms with Gasteiger partial charge >= 0.3 is 0 Å². The minimum Gasteiger partial charge on any atom is -0.366 e. The van der Waals surface area contributed by atoms with Gasteiger partial charge < -0.3 is 4.90 Å². The molecule has 2 heterocycles. The number of carbonyl (C=O) groups is 2. The lowest BCUT2D eigenvalue weighted by molar-refractivity contribution is -0.137. The van der Waals surface area contributed by atoms with Crippen molar-refractivity contribution in [3.8, 4) is 0 Å². The van der Waals surface area contributed by atoms with E-state index in [1.165, 1.54) is 4.90 Å². The Balaban J connectivity index is 1.64. The zero-order valence-electron chi connectivity index (χ0n) is 19.2. The quantitative estimate of drug-likeness (QED) is 0.467. The third kappa shape index (κ3) is 5.03. The van der Waals surface area contributed by atoms with Crippen molar-refractivity contribution in [2.45, 2.75) is 26.7 Å². The number of hydrogen-bond donors (Lipinski definition) is 0. The van der Waals surface area contributed by atoms with Crippen LogP contribution < -0.4 is 0 Å². The maximum Gasteiger partial charge on any atom is 0.277 e. The molecule has 3 aromatic rings. The fourth-order valence-electron chi connectivity index (χ4n) is 4.17.